The Morgan fingerprint density at radius 2 is 1.70 bits per heavy atom. The smallest absolute Gasteiger partial charge is 0.163 e. The summed E-state index contributed by atoms with van der Waals surface area (Å²) in [4.78, 5) is 11.7. The second kappa shape index (κ2) is 7.36. The molecule has 4 rings (SSSR count). The minimum Gasteiger partial charge on any atom is -0.378 e. The summed E-state index contributed by atoms with van der Waals surface area (Å²) >= 11 is 1.69. The van der Waals surface area contributed by atoms with Crippen molar-refractivity contribution in [2.75, 3.05) is 19.0 Å². The maximum atomic E-state index is 4.99. The van der Waals surface area contributed by atoms with E-state index in [2.05, 4.69) is 98.6 Å². The van der Waals surface area contributed by atoms with Crippen LogP contribution in [0.2, 0.25) is 18.1 Å². The molecule has 0 atom stereocenters. The summed E-state index contributed by atoms with van der Waals surface area (Å²) in [7, 11) is 2.30. The first kappa shape index (κ1) is 20.8. The summed E-state index contributed by atoms with van der Waals surface area (Å²) in [6.45, 7) is 11.9. The van der Waals surface area contributed by atoms with Crippen molar-refractivity contribution in [1.82, 2.24) is 14.2 Å². The van der Waals surface area contributed by atoms with E-state index in [0.717, 1.165) is 16.2 Å². The molecule has 0 N–H and O–H groups in total. The zero-order valence-corrected chi connectivity index (χ0v) is 20.7. The Labute approximate surface area is 184 Å². The Hall–Kier alpha value is -2.44. The first-order valence-electron chi connectivity index (χ1n) is 10.3. The van der Waals surface area contributed by atoms with Gasteiger partial charge in [0.1, 0.15) is 10.7 Å². The summed E-state index contributed by atoms with van der Waals surface area (Å²) in [5.41, 5.74) is 5.77. The molecule has 4 aromatic rings. The molecule has 0 saturated heterocycles. The van der Waals surface area contributed by atoms with Gasteiger partial charge < -0.3 is 9.13 Å². The summed E-state index contributed by atoms with van der Waals surface area (Å²) in [5, 5.41) is 4.49. The number of nitrogens with zero attached hydrogens (tertiary/aromatic N) is 4. The molecule has 0 aliphatic carbocycles. The van der Waals surface area contributed by atoms with E-state index in [1.807, 2.05) is 17.8 Å². The molecule has 0 fully saturated rings. The molecular formula is C24H30N4SSi. The van der Waals surface area contributed by atoms with Gasteiger partial charge in [-0.05, 0) is 28.8 Å². The van der Waals surface area contributed by atoms with Crippen LogP contribution in [0.3, 0.4) is 0 Å². The highest BCUT2D eigenvalue weighted by atomic mass is 32.1. The number of aromatic nitrogens is 3. The minimum absolute atomic E-state index is 0.210. The standard InChI is InChI=1S/C24H30N4SSi/c1-24(2,3)30(6,7)28-16-21(23-25-12-13-29-23)20-14-18(15-26-22(20)28)17-8-10-19(11-9-17)27(4)5/h8-16H,1-7H3. The second-order valence-electron chi connectivity index (χ2n) is 9.60. The zero-order valence-electron chi connectivity index (χ0n) is 18.9. The summed E-state index contributed by atoms with van der Waals surface area (Å²) in [6, 6.07) is 10.9. The van der Waals surface area contributed by atoms with Crippen LogP contribution in [0.4, 0.5) is 5.69 Å². The van der Waals surface area contributed by atoms with Crippen LogP contribution in [0, 0.1) is 0 Å². The van der Waals surface area contributed by atoms with Crippen LogP contribution in [0.5, 0.6) is 0 Å². The van der Waals surface area contributed by atoms with Gasteiger partial charge in [-0.1, -0.05) is 46.0 Å². The molecule has 0 aliphatic rings. The Kier molecular flexibility index (Phi) is 5.10. The molecule has 0 saturated carbocycles. The van der Waals surface area contributed by atoms with Crippen LogP contribution >= 0.6 is 11.3 Å². The highest BCUT2D eigenvalue weighted by molar-refractivity contribution is 7.13. The molecule has 4 nitrogen and oxygen atoms in total. The van der Waals surface area contributed by atoms with Crippen molar-refractivity contribution in [2.24, 2.45) is 0 Å². The van der Waals surface area contributed by atoms with Crippen molar-refractivity contribution in [3.8, 4) is 21.7 Å². The highest BCUT2D eigenvalue weighted by Crippen LogP contribution is 2.42. The molecule has 0 bridgehead atoms. The molecule has 0 unspecified atom stereocenters. The van der Waals surface area contributed by atoms with E-state index in [1.165, 1.54) is 22.2 Å². The first-order chi connectivity index (χ1) is 14.1. The Balaban J connectivity index is 1.92. The van der Waals surface area contributed by atoms with Crippen molar-refractivity contribution in [1.29, 1.82) is 0 Å². The summed E-state index contributed by atoms with van der Waals surface area (Å²) in [6.07, 6.45) is 6.20. The van der Waals surface area contributed by atoms with Crippen LogP contribution in [0.25, 0.3) is 32.7 Å². The van der Waals surface area contributed by atoms with Gasteiger partial charge in [0.05, 0.1) is 0 Å². The lowest BCUT2D eigenvalue weighted by Crippen LogP contribution is -2.45. The fourth-order valence-electron chi connectivity index (χ4n) is 3.53. The number of hydrogen-bond donors (Lipinski definition) is 0. The van der Waals surface area contributed by atoms with Crippen molar-refractivity contribution >= 4 is 36.3 Å². The van der Waals surface area contributed by atoms with Gasteiger partial charge in [0, 0.05) is 60.3 Å². The van der Waals surface area contributed by atoms with E-state index in [0.29, 0.717) is 0 Å². The predicted molar refractivity (Wildman–Crippen MR) is 133 cm³/mol. The second-order valence-corrected chi connectivity index (χ2v) is 15.6. The van der Waals surface area contributed by atoms with E-state index < -0.39 is 8.24 Å². The van der Waals surface area contributed by atoms with E-state index in [9.17, 15) is 0 Å². The number of pyridine rings is 1. The van der Waals surface area contributed by atoms with Crippen LogP contribution in [0.15, 0.2) is 54.3 Å². The van der Waals surface area contributed by atoms with Gasteiger partial charge in [0.2, 0.25) is 0 Å². The number of benzene rings is 1. The number of hydrogen-bond acceptors (Lipinski definition) is 4. The molecule has 1 aromatic carbocycles. The average molecular weight is 435 g/mol. The van der Waals surface area contributed by atoms with Gasteiger partial charge in [-0.3, -0.25) is 0 Å². The van der Waals surface area contributed by atoms with Gasteiger partial charge in [-0.2, -0.15) is 0 Å². The first-order valence-corrected chi connectivity index (χ1v) is 14.1. The maximum Gasteiger partial charge on any atom is 0.163 e. The van der Waals surface area contributed by atoms with Crippen LogP contribution in [0.1, 0.15) is 20.8 Å². The van der Waals surface area contributed by atoms with Crippen LogP contribution < -0.4 is 4.90 Å². The highest BCUT2D eigenvalue weighted by Gasteiger charge is 2.39. The Morgan fingerprint density at radius 3 is 2.27 bits per heavy atom. The quantitative estimate of drug-likeness (QED) is 0.333. The lowest BCUT2D eigenvalue weighted by atomic mass is 10.1. The van der Waals surface area contributed by atoms with Gasteiger partial charge in [-0.15, -0.1) is 11.3 Å². The molecule has 30 heavy (non-hydrogen) atoms. The number of fused-ring (bicyclic) bond motifs is 1. The molecule has 156 valence electrons. The fraction of sp³-hybridized carbons (Fsp3) is 0.333. The minimum atomic E-state index is -1.83. The van der Waals surface area contributed by atoms with Crippen LogP contribution in [-0.4, -0.2) is 36.5 Å². The third kappa shape index (κ3) is 3.48. The Morgan fingerprint density at radius 1 is 1.00 bits per heavy atom. The number of thiazole rings is 1. The zero-order chi connectivity index (χ0) is 21.7. The average Bonchev–Trinajstić information content (AvgIpc) is 3.34. The monoisotopic (exact) mass is 434 g/mol. The molecule has 0 amide bonds. The van der Waals surface area contributed by atoms with E-state index in [4.69, 9.17) is 4.98 Å². The number of anilines is 1. The van der Waals surface area contributed by atoms with Crippen molar-refractivity contribution in [2.45, 2.75) is 38.9 Å². The lowest BCUT2D eigenvalue weighted by Gasteiger charge is -2.38. The van der Waals surface area contributed by atoms with Crippen molar-refractivity contribution in [3.63, 3.8) is 0 Å². The van der Waals surface area contributed by atoms with Gasteiger partial charge in [0.15, 0.2) is 8.24 Å². The van der Waals surface area contributed by atoms with E-state index in [-0.39, 0.29) is 5.04 Å². The molecule has 3 heterocycles. The molecule has 3 aromatic heterocycles. The normalized spacial score (nSPS) is 12.5. The molecular weight excluding hydrogens is 404 g/mol. The van der Waals surface area contributed by atoms with Crippen molar-refractivity contribution in [3.05, 3.63) is 54.3 Å². The maximum absolute atomic E-state index is 4.99. The topological polar surface area (TPSA) is 34.0 Å². The molecule has 0 radical (unpaired) electrons. The fourth-order valence-corrected chi connectivity index (χ4v) is 6.08. The van der Waals surface area contributed by atoms with Gasteiger partial charge in [-0.25, -0.2) is 9.97 Å². The molecule has 0 aliphatic heterocycles. The Bertz CT molecular complexity index is 1170. The summed E-state index contributed by atoms with van der Waals surface area (Å²) in [5.74, 6) is 0. The predicted octanol–water partition coefficient (Wildman–Crippen LogP) is 6.75. The van der Waals surface area contributed by atoms with E-state index in [1.54, 1.807) is 11.3 Å². The summed E-state index contributed by atoms with van der Waals surface area (Å²) < 4.78 is 2.47. The van der Waals surface area contributed by atoms with E-state index >= 15 is 0 Å². The van der Waals surface area contributed by atoms with Crippen molar-refractivity contribution < 1.29 is 0 Å². The van der Waals surface area contributed by atoms with Crippen LogP contribution in [-0.2, 0) is 0 Å². The molecule has 0 spiro atoms. The van der Waals surface area contributed by atoms with Gasteiger partial charge >= 0.3 is 0 Å². The third-order valence-electron chi connectivity index (χ3n) is 6.46. The number of rotatable bonds is 4. The largest absolute Gasteiger partial charge is 0.378 e. The SMILES string of the molecule is CN(C)c1ccc(-c2cnc3c(c2)c(-c2nccs2)cn3[Si](C)(C)C(C)(C)C)cc1. The lowest BCUT2D eigenvalue weighted by molar-refractivity contribution is 0.702. The van der Waals surface area contributed by atoms with Gasteiger partial charge in [0.25, 0.3) is 0 Å². The molecule has 6 heteroatoms. The third-order valence-corrected chi connectivity index (χ3v) is 12.5.